The van der Waals surface area contributed by atoms with Crippen LogP contribution in [-0.2, 0) is 0 Å². The molecule has 1 heterocycles. The molecular weight excluding hydrogens is 230 g/mol. The molecule has 4 heteroatoms. The maximum absolute atomic E-state index is 9.67. The average molecular weight is 241 g/mol. The molecule has 0 saturated carbocycles. The quantitative estimate of drug-likeness (QED) is 0.418. The Morgan fingerprint density at radius 2 is 1.28 bits per heavy atom. The minimum atomic E-state index is -0.190. The van der Waals surface area contributed by atoms with Gasteiger partial charge in [-0.1, -0.05) is 0 Å². The molecule has 0 fully saturated rings. The second-order valence-corrected chi connectivity index (χ2v) is 4.35. The summed E-state index contributed by atoms with van der Waals surface area (Å²) in [4.78, 5) is 4.40. The molecule has 1 aromatic heterocycles. The van der Waals surface area contributed by atoms with Crippen LogP contribution in [-0.4, -0.2) is 20.3 Å². The highest BCUT2D eigenvalue weighted by molar-refractivity contribution is 5.95. The first-order chi connectivity index (χ1) is 8.54. The lowest BCUT2D eigenvalue weighted by molar-refractivity contribution is 0.405. The van der Waals surface area contributed by atoms with E-state index in [1.807, 2.05) is 6.07 Å². The summed E-state index contributed by atoms with van der Waals surface area (Å²) in [6, 6.07) is 8.12. The molecule has 90 valence electrons. The normalized spacial score (nSPS) is 11.2. The highest BCUT2D eigenvalue weighted by Crippen LogP contribution is 2.32. The van der Waals surface area contributed by atoms with E-state index in [2.05, 4.69) is 4.98 Å². The molecule has 4 nitrogen and oxygen atoms in total. The Balaban J connectivity index is 2.43. The highest BCUT2D eigenvalue weighted by Gasteiger charge is 2.07. The van der Waals surface area contributed by atoms with Gasteiger partial charge in [0.1, 0.15) is 5.75 Å². The predicted octanol–water partition coefficient (Wildman–Crippen LogP) is 2.81. The first-order valence-electron chi connectivity index (χ1n) is 5.50. The van der Waals surface area contributed by atoms with Gasteiger partial charge in [0.15, 0.2) is 11.5 Å². The van der Waals surface area contributed by atoms with Crippen molar-refractivity contribution in [2.45, 2.75) is 6.92 Å². The zero-order chi connectivity index (χ0) is 12.9. The van der Waals surface area contributed by atoms with Gasteiger partial charge < -0.3 is 15.3 Å². The molecule has 0 radical (unpaired) electrons. The minimum absolute atomic E-state index is 0.181. The number of phenols is 3. The lowest BCUT2D eigenvalue weighted by Crippen LogP contribution is -1.85. The standard InChI is InChI=1S/C14H11NO3/c1-7-2-10-8(4-12(7)16)3-9-5-13(17)14(18)6-11(9)15-10/h2-6,16-18H,1H3. The number of hydrogen-bond donors (Lipinski definition) is 3. The van der Waals surface area contributed by atoms with Gasteiger partial charge in [0.05, 0.1) is 11.0 Å². The minimum Gasteiger partial charge on any atom is -0.508 e. The molecular formula is C14H11NO3. The number of rotatable bonds is 0. The van der Waals surface area contributed by atoms with E-state index in [9.17, 15) is 15.3 Å². The first kappa shape index (κ1) is 10.7. The molecule has 3 aromatic rings. The van der Waals surface area contributed by atoms with Crippen LogP contribution in [0.5, 0.6) is 17.2 Å². The zero-order valence-corrected chi connectivity index (χ0v) is 9.68. The van der Waals surface area contributed by atoms with Crippen molar-refractivity contribution in [3.05, 3.63) is 35.9 Å². The van der Waals surface area contributed by atoms with E-state index in [1.54, 1.807) is 19.1 Å². The average Bonchev–Trinajstić information content (AvgIpc) is 2.31. The largest absolute Gasteiger partial charge is 0.508 e. The Morgan fingerprint density at radius 1 is 0.722 bits per heavy atom. The van der Waals surface area contributed by atoms with Crippen LogP contribution >= 0.6 is 0 Å². The van der Waals surface area contributed by atoms with Crippen LogP contribution in [0.4, 0.5) is 0 Å². The van der Waals surface area contributed by atoms with Gasteiger partial charge in [-0.05, 0) is 36.8 Å². The molecule has 0 aliphatic carbocycles. The predicted molar refractivity (Wildman–Crippen MR) is 69.0 cm³/mol. The topological polar surface area (TPSA) is 73.6 Å². The summed E-state index contributed by atoms with van der Waals surface area (Å²) in [6.45, 7) is 1.80. The van der Waals surface area contributed by atoms with Crippen LogP contribution in [0, 0.1) is 6.92 Å². The third kappa shape index (κ3) is 1.50. The lowest BCUT2D eigenvalue weighted by atomic mass is 10.1. The molecule has 0 spiro atoms. The molecule has 0 aliphatic heterocycles. The fourth-order valence-corrected chi connectivity index (χ4v) is 2.00. The SMILES string of the molecule is Cc1cc2nc3cc(O)c(O)cc3cc2cc1O. The van der Waals surface area contributed by atoms with Gasteiger partial charge in [-0.15, -0.1) is 0 Å². The van der Waals surface area contributed by atoms with E-state index >= 15 is 0 Å². The van der Waals surface area contributed by atoms with Gasteiger partial charge >= 0.3 is 0 Å². The van der Waals surface area contributed by atoms with Crippen LogP contribution < -0.4 is 0 Å². The number of fused-ring (bicyclic) bond motifs is 2. The summed E-state index contributed by atoms with van der Waals surface area (Å²) in [7, 11) is 0. The Kier molecular flexibility index (Phi) is 2.07. The fourth-order valence-electron chi connectivity index (χ4n) is 2.00. The van der Waals surface area contributed by atoms with Gasteiger partial charge in [0.2, 0.25) is 0 Å². The van der Waals surface area contributed by atoms with E-state index in [4.69, 9.17) is 0 Å². The van der Waals surface area contributed by atoms with Crippen molar-refractivity contribution in [1.29, 1.82) is 0 Å². The summed E-state index contributed by atoms with van der Waals surface area (Å²) in [6.07, 6.45) is 0. The molecule has 3 N–H and O–H groups in total. The summed E-state index contributed by atoms with van der Waals surface area (Å²) < 4.78 is 0. The number of pyridine rings is 1. The summed E-state index contributed by atoms with van der Waals surface area (Å²) >= 11 is 0. The van der Waals surface area contributed by atoms with Crippen LogP contribution in [0.1, 0.15) is 5.56 Å². The second kappa shape index (κ2) is 3.50. The van der Waals surface area contributed by atoms with Crippen LogP contribution in [0.2, 0.25) is 0 Å². The molecule has 0 bridgehead atoms. The number of aryl methyl sites for hydroxylation is 1. The monoisotopic (exact) mass is 241 g/mol. The molecule has 0 unspecified atom stereocenters. The summed E-state index contributed by atoms with van der Waals surface area (Å²) in [5.41, 5.74) is 2.09. The zero-order valence-electron chi connectivity index (χ0n) is 9.68. The molecule has 0 amide bonds. The summed E-state index contributed by atoms with van der Waals surface area (Å²) in [5, 5.41) is 30.1. The van der Waals surface area contributed by atoms with Crippen molar-refractivity contribution < 1.29 is 15.3 Å². The number of aromatic hydroxyl groups is 3. The van der Waals surface area contributed by atoms with E-state index in [0.29, 0.717) is 10.9 Å². The van der Waals surface area contributed by atoms with E-state index in [1.165, 1.54) is 12.1 Å². The Morgan fingerprint density at radius 3 is 2.00 bits per heavy atom. The van der Waals surface area contributed by atoms with E-state index in [-0.39, 0.29) is 17.2 Å². The number of hydrogen-bond acceptors (Lipinski definition) is 4. The Labute approximate surface area is 103 Å². The van der Waals surface area contributed by atoms with Crippen molar-refractivity contribution in [3.8, 4) is 17.2 Å². The van der Waals surface area contributed by atoms with Crippen molar-refractivity contribution in [1.82, 2.24) is 4.98 Å². The molecule has 0 aliphatic rings. The maximum Gasteiger partial charge on any atom is 0.159 e. The van der Waals surface area contributed by atoms with Crippen molar-refractivity contribution >= 4 is 21.8 Å². The molecule has 0 atom stereocenters. The molecule has 18 heavy (non-hydrogen) atoms. The third-order valence-corrected chi connectivity index (χ3v) is 3.02. The lowest BCUT2D eigenvalue weighted by Gasteiger charge is -2.06. The van der Waals surface area contributed by atoms with Crippen LogP contribution in [0.3, 0.4) is 0 Å². The van der Waals surface area contributed by atoms with E-state index in [0.717, 1.165) is 16.5 Å². The Hall–Kier alpha value is -2.49. The number of phenolic OH excluding ortho intramolecular Hbond substituents is 3. The van der Waals surface area contributed by atoms with Crippen LogP contribution in [0.15, 0.2) is 30.3 Å². The van der Waals surface area contributed by atoms with Gasteiger partial charge in [-0.2, -0.15) is 0 Å². The maximum atomic E-state index is 9.67. The van der Waals surface area contributed by atoms with Gasteiger partial charge in [0.25, 0.3) is 0 Å². The molecule has 3 rings (SSSR count). The smallest absolute Gasteiger partial charge is 0.159 e. The van der Waals surface area contributed by atoms with Gasteiger partial charge in [-0.3, -0.25) is 0 Å². The number of nitrogens with zero attached hydrogens (tertiary/aromatic N) is 1. The van der Waals surface area contributed by atoms with Crippen molar-refractivity contribution in [2.75, 3.05) is 0 Å². The Bertz CT molecular complexity index is 652. The highest BCUT2D eigenvalue weighted by atomic mass is 16.3. The summed E-state index contributed by atoms with van der Waals surface area (Å²) in [5.74, 6) is -0.156. The third-order valence-electron chi connectivity index (χ3n) is 3.02. The van der Waals surface area contributed by atoms with Crippen molar-refractivity contribution in [3.63, 3.8) is 0 Å². The van der Waals surface area contributed by atoms with Crippen LogP contribution in [0.25, 0.3) is 21.8 Å². The van der Waals surface area contributed by atoms with Crippen molar-refractivity contribution in [2.24, 2.45) is 0 Å². The molecule has 2 aromatic carbocycles. The van der Waals surface area contributed by atoms with E-state index < -0.39 is 0 Å². The first-order valence-corrected chi connectivity index (χ1v) is 5.50. The molecule has 0 saturated heterocycles. The number of aromatic nitrogens is 1. The van der Waals surface area contributed by atoms with Gasteiger partial charge in [-0.25, -0.2) is 4.98 Å². The van der Waals surface area contributed by atoms with Gasteiger partial charge in [0, 0.05) is 16.8 Å². The fraction of sp³-hybridized carbons (Fsp3) is 0.0714. The second-order valence-electron chi connectivity index (χ2n) is 4.35. The number of benzene rings is 2.